The maximum absolute atomic E-state index is 12.0. The molecule has 0 aromatic heterocycles. The first-order valence-corrected chi connectivity index (χ1v) is 11.2. The van der Waals surface area contributed by atoms with Crippen molar-refractivity contribution in [3.8, 4) is 11.5 Å². The summed E-state index contributed by atoms with van der Waals surface area (Å²) in [6, 6.07) is 5.38. The van der Waals surface area contributed by atoms with Gasteiger partial charge in [-0.3, -0.25) is 0 Å². The fraction of sp³-hybridized carbons (Fsp3) is 0.708. The maximum atomic E-state index is 12.0. The van der Waals surface area contributed by atoms with Crippen molar-refractivity contribution in [3.05, 3.63) is 23.8 Å². The van der Waals surface area contributed by atoms with Gasteiger partial charge in [0.25, 0.3) is 0 Å². The summed E-state index contributed by atoms with van der Waals surface area (Å²) in [6.45, 7) is 5.75. The van der Waals surface area contributed by atoms with Gasteiger partial charge >= 0.3 is 5.97 Å². The topological polar surface area (TPSA) is 44.8 Å². The Kier molecular flexibility index (Phi) is 14.1. The van der Waals surface area contributed by atoms with E-state index in [1.54, 1.807) is 6.07 Å². The summed E-state index contributed by atoms with van der Waals surface area (Å²) in [4.78, 5) is 12.0. The molecule has 1 aromatic rings. The second-order valence-electron chi connectivity index (χ2n) is 7.38. The van der Waals surface area contributed by atoms with Crippen LogP contribution < -0.4 is 9.47 Å². The van der Waals surface area contributed by atoms with Crippen molar-refractivity contribution in [3.63, 3.8) is 0 Å². The van der Waals surface area contributed by atoms with Crippen molar-refractivity contribution >= 4 is 5.97 Å². The Bertz CT molecular complexity index is 527. The Balaban J connectivity index is 2.45. The predicted octanol–water partition coefficient (Wildman–Crippen LogP) is 6.95. The lowest BCUT2D eigenvalue weighted by molar-refractivity contribution is 0.0596. The van der Waals surface area contributed by atoms with Crippen molar-refractivity contribution < 1.29 is 19.0 Å². The van der Waals surface area contributed by atoms with Crippen LogP contribution in [0.3, 0.4) is 0 Å². The fourth-order valence-electron chi connectivity index (χ4n) is 3.13. The molecule has 0 unspecified atom stereocenters. The molecule has 1 aromatic carbocycles. The van der Waals surface area contributed by atoms with Crippen LogP contribution in [0.25, 0.3) is 0 Å². The zero-order valence-electron chi connectivity index (χ0n) is 18.3. The molecule has 0 aliphatic carbocycles. The van der Waals surface area contributed by atoms with E-state index in [9.17, 15) is 4.79 Å². The van der Waals surface area contributed by atoms with Crippen molar-refractivity contribution in [2.75, 3.05) is 20.3 Å². The highest BCUT2D eigenvalue weighted by Crippen LogP contribution is 2.26. The molecule has 1 rings (SSSR count). The van der Waals surface area contributed by atoms with E-state index in [0.29, 0.717) is 24.5 Å². The van der Waals surface area contributed by atoms with E-state index in [1.807, 2.05) is 12.1 Å². The maximum Gasteiger partial charge on any atom is 0.341 e. The molecule has 0 aliphatic rings. The minimum atomic E-state index is -0.375. The van der Waals surface area contributed by atoms with Crippen LogP contribution in [-0.2, 0) is 4.74 Å². The molecule has 160 valence electrons. The van der Waals surface area contributed by atoms with E-state index in [-0.39, 0.29) is 5.97 Å². The number of ether oxygens (including phenoxy) is 3. The Hall–Kier alpha value is -1.71. The Labute approximate surface area is 172 Å². The highest BCUT2D eigenvalue weighted by molar-refractivity contribution is 5.92. The minimum Gasteiger partial charge on any atom is -0.493 e. The summed E-state index contributed by atoms with van der Waals surface area (Å²) in [5.41, 5.74) is 0.459. The van der Waals surface area contributed by atoms with Gasteiger partial charge in [0.1, 0.15) is 17.1 Å². The van der Waals surface area contributed by atoms with Crippen LogP contribution in [0.5, 0.6) is 11.5 Å². The zero-order valence-corrected chi connectivity index (χ0v) is 18.3. The number of esters is 1. The smallest absolute Gasteiger partial charge is 0.341 e. The lowest BCUT2D eigenvalue weighted by Crippen LogP contribution is -2.07. The largest absolute Gasteiger partial charge is 0.493 e. The third-order valence-corrected chi connectivity index (χ3v) is 4.88. The Morgan fingerprint density at radius 1 is 0.750 bits per heavy atom. The molecule has 0 amide bonds. The number of methoxy groups -OCH3 is 1. The lowest BCUT2D eigenvalue weighted by Gasteiger charge is -2.13. The summed E-state index contributed by atoms with van der Waals surface area (Å²) in [5.74, 6) is 0.931. The Morgan fingerprint density at radius 3 is 1.86 bits per heavy atom. The minimum absolute atomic E-state index is 0.375. The van der Waals surface area contributed by atoms with Crippen LogP contribution in [0.2, 0.25) is 0 Å². The van der Waals surface area contributed by atoms with Crippen LogP contribution >= 0.6 is 0 Å². The summed E-state index contributed by atoms with van der Waals surface area (Å²) < 4.78 is 16.6. The summed E-state index contributed by atoms with van der Waals surface area (Å²) in [5, 5.41) is 0. The molecule has 0 bridgehead atoms. The molecule has 0 spiro atoms. The summed E-state index contributed by atoms with van der Waals surface area (Å²) >= 11 is 0. The lowest BCUT2D eigenvalue weighted by atomic mass is 10.1. The number of carbonyl (C=O) groups is 1. The molecule has 4 nitrogen and oxygen atoms in total. The highest BCUT2D eigenvalue weighted by Gasteiger charge is 2.14. The van der Waals surface area contributed by atoms with Gasteiger partial charge in [0.05, 0.1) is 20.3 Å². The standard InChI is InChI=1S/C24H40O4/c1-4-6-8-10-12-14-18-27-21-16-17-22(24(25)26-3)23(20-21)28-19-15-13-11-9-7-5-2/h16-17,20H,4-15,18-19H2,1-3H3. The van der Waals surface area contributed by atoms with Gasteiger partial charge in [-0.2, -0.15) is 0 Å². The van der Waals surface area contributed by atoms with E-state index >= 15 is 0 Å². The van der Waals surface area contributed by atoms with Gasteiger partial charge in [0, 0.05) is 6.07 Å². The molecule has 0 heterocycles. The van der Waals surface area contributed by atoms with Crippen LogP contribution in [0.15, 0.2) is 18.2 Å². The second-order valence-corrected chi connectivity index (χ2v) is 7.38. The normalized spacial score (nSPS) is 10.7. The third kappa shape index (κ3) is 10.6. The molecular weight excluding hydrogens is 352 g/mol. The quantitative estimate of drug-likeness (QED) is 0.212. The molecule has 28 heavy (non-hydrogen) atoms. The first-order valence-electron chi connectivity index (χ1n) is 11.2. The molecule has 4 heteroatoms. The SMILES string of the molecule is CCCCCCCCOc1ccc(C(=O)OC)c(OCCCCCCCC)c1. The first-order chi connectivity index (χ1) is 13.7. The predicted molar refractivity (Wildman–Crippen MR) is 116 cm³/mol. The van der Waals surface area contributed by atoms with Crippen molar-refractivity contribution in [2.45, 2.75) is 90.9 Å². The molecule has 0 N–H and O–H groups in total. The van der Waals surface area contributed by atoms with E-state index in [4.69, 9.17) is 14.2 Å². The number of unbranched alkanes of at least 4 members (excludes halogenated alkanes) is 10. The number of hydrogen-bond acceptors (Lipinski definition) is 4. The third-order valence-electron chi connectivity index (χ3n) is 4.88. The zero-order chi connectivity index (χ0) is 20.5. The molecule has 0 saturated carbocycles. The number of carbonyl (C=O) groups excluding carboxylic acids is 1. The fourth-order valence-corrected chi connectivity index (χ4v) is 3.13. The van der Waals surface area contributed by atoms with Gasteiger partial charge in [0.2, 0.25) is 0 Å². The molecule has 0 saturated heterocycles. The van der Waals surface area contributed by atoms with Crippen LogP contribution in [0.4, 0.5) is 0 Å². The van der Waals surface area contributed by atoms with E-state index in [0.717, 1.165) is 25.0 Å². The summed E-state index contributed by atoms with van der Waals surface area (Å²) in [6.07, 6.45) is 14.6. The molecular formula is C24H40O4. The Morgan fingerprint density at radius 2 is 1.29 bits per heavy atom. The monoisotopic (exact) mass is 392 g/mol. The van der Waals surface area contributed by atoms with Gasteiger partial charge < -0.3 is 14.2 Å². The first kappa shape index (κ1) is 24.3. The second kappa shape index (κ2) is 16.3. The number of benzene rings is 1. The van der Waals surface area contributed by atoms with Gasteiger partial charge in [-0.05, 0) is 25.0 Å². The molecule has 0 aliphatic heterocycles. The average Bonchev–Trinajstić information content (AvgIpc) is 2.72. The highest BCUT2D eigenvalue weighted by atomic mass is 16.5. The van der Waals surface area contributed by atoms with Crippen LogP contribution in [0, 0.1) is 0 Å². The molecule has 0 radical (unpaired) electrons. The van der Waals surface area contributed by atoms with E-state index in [1.165, 1.54) is 64.9 Å². The average molecular weight is 393 g/mol. The summed E-state index contributed by atoms with van der Waals surface area (Å²) in [7, 11) is 1.39. The van der Waals surface area contributed by atoms with Gasteiger partial charge in [-0.15, -0.1) is 0 Å². The molecule has 0 fully saturated rings. The number of hydrogen-bond donors (Lipinski definition) is 0. The van der Waals surface area contributed by atoms with E-state index < -0.39 is 0 Å². The van der Waals surface area contributed by atoms with Crippen LogP contribution in [0.1, 0.15) is 101 Å². The number of rotatable bonds is 17. The van der Waals surface area contributed by atoms with Gasteiger partial charge in [-0.1, -0.05) is 78.1 Å². The van der Waals surface area contributed by atoms with Crippen molar-refractivity contribution in [1.29, 1.82) is 0 Å². The van der Waals surface area contributed by atoms with E-state index in [2.05, 4.69) is 13.8 Å². The van der Waals surface area contributed by atoms with Gasteiger partial charge in [-0.25, -0.2) is 4.79 Å². The van der Waals surface area contributed by atoms with Crippen molar-refractivity contribution in [2.24, 2.45) is 0 Å². The molecule has 0 atom stereocenters. The van der Waals surface area contributed by atoms with Crippen molar-refractivity contribution in [1.82, 2.24) is 0 Å². The van der Waals surface area contributed by atoms with Crippen LogP contribution in [-0.4, -0.2) is 26.3 Å². The van der Waals surface area contributed by atoms with Gasteiger partial charge in [0.15, 0.2) is 0 Å².